The third kappa shape index (κ3) is 2.24. The number of carbonyl (C=O) groups excluding carboxylic acids is 1. The molecule has 1 saturated carbocycles. The van der Waals surface area contributed by atoms with Gasteiger partial charge in [-0.2, -0.15) is 8.78 Å². The quantitative estimate of drug-likeness (QED) is 0.535. The Morgan fingerprint density at radius 3 is 2.45 bits per heavy atom. The van der Waals surface area contributed by atoms with Gasteiger partial charge >= 0.3 is 5.92 Å². The molecule has 0 saturated heterocycles. The molecule has 0 spiro atoms. The number of Topliss-reactive ketones (excluding diaryl/α,β-unsaturated/α-hetero) is 1. The summed E-state index contributed by atoms with van der Waals surface area (Å²) in [6.45, 7) is 0. The monoisotopic (exact) mass is 162 g/mol. The maximum atomic E-state index is 12.7. The van der Waals surface area contributed by atoms with Gasteiger partial charge in [-0.15, -0.1) is 0 Å². The van der Waals surface area contributed by atoms with E-state index < -0.39 is 11.7 Å². The van der Waals surface area contributed by atoms with Crippen molar-refractivity contribution in [2.45, 2.75) is 44.4 Å². The molecule has 0 unspecified atom stereocenters. The first-order chi connectivity index (χ1) is 5.13. The molecule has 0 bridgehead atoms. The Labute approximate surface area is 64.8 Å². The Morgan fingerprint density at radius 2 is 1.73 bits per heavy atom. The van der Waals surface area contributed by atoms with Crippen molar-refractivity contribution >= 4 is 5.78 Å². The molecule has 1 nitrogen and oxygen atoms in total. The number of ketones is 1. The van der Waals surface area contributed by atoms with Crippen molar-refractivity contribution in [3.8, 4) is 0 Å². The normalized spacial score (nSPS) is 25.8. The minimum atomic E-state index is -3.03. The maximum absolute atomic E-state index is 12.7. The molecular formula is C8H12F2O. The predicted molar refractivity (Wildman–Crippen MR) is 37.7 cm³/mol. The lowest BCUT2D eigenvalue weighted by Crippen LogP contribution is -2.29. The zero-order chi connectivity index (χ0) is 8.32. The molecule has 1 rings (SSSR count). The molecule has 0 aliphatic heterocycles. The van der Waals surface area contributed by atoms with Crippen LogP contribution < -0.4 is 0 Å². The lowest BCUT2D eigenvalue weighted by Gasteiger charge is -2.17. The highest BCUT2D eigenvalue weighted by molar-refractivity contribution is 5.85. The maximum Gasteiger partial charge on any atom is 0.305 e. The van der Waals surface area contributed by atoms with Gasteiger partial charge in [0.25, 0.3) is 0 Å². The van der Waals surface area contributed by atoms with Crippen molar-refractivity contribution in [1.29, 1.82) is 0 Å². The van der Waals surface area contributed by atoms with Crippen molar-refractivity contribution < 1.29 is 13.6 Å². The number of rotatable bonds is 0. The van der Waals surface area contributed by atoms with Crippen molar-refractivity contribution in [1.82, 2.24) is 0 Å². The first kappa shape index (κ1) is 8.62. The summed E-state index contributed by atoms with van der Waals surface area (Å²) in [6.07, 6.45) is 2.69. The van der Waals surface area contributed by atoms with Crippen molar-refractivity contribution in [2.24, 2.45) is 0 Å². The van der Waals surface area contributed by atoms with Crippen LogP contribution in [-0.4, -0.2) is 11.7 Å². The van der Waals surface area contributed by atoms with Gasteiger partial charge in [0.05, 0.1) is 0 Å². The molecule has 0 aromatic rings. The average molecular weight is 162 g/mol. The molecule has 0 aromatic heterocycles. The topological polar surface area (TPSA) is 17.1 Å². The van der Waals surface area contributed by atoms with Gasteiger partial charge in [-0.25, -0.2) is 0 Å². The van der Waals surface area contributed by atoms with E-state index in [2.05, 4.69) is 0 Å². The molecular weight excluding hydrogens is 150 g/mol. The van der Waals surface area contributed by atoms with E-state index in [0.29, 0.717) is 12.8 Å². The molecule has 1 fully saturated rings. The molecule has 0 amide bonds. The molecule has 1 aliphatic rings. The average Bonchev–Trinajstić information content (AvgIpc) is 1.93. The fourth-order valence-corrected chi connectivity index (χ4v) is 1.31. The lowest BCUT2D eigenvalue weighted by atomic mass is 9.97. The second-order valence-corrected chi connectivity index (χ2v) is 3.04. The van der Waals surface area contributed by atoms with Gasteiger partial charge in [0.15, 0.2) is 0 Å². The smallest absolute Gasteiger partial charge is 0.293 e. The Balaban J connectivity index is 2.54. The zero-order valence-electron chi connectivity index (χ0n) is 6.41. The zero-order valence-corrected chi connectivity index (χ0v) is 6.41. The molecule has 0 heterocycles. The fraction of sp³-hybridized carbons (Fsp3) is 0.875. The van der Waals surface area contributed by atoms with Crippen LogP contribution in [0.5, 0.6) is 0 Å². The van der Waals surface area contributed by atoms with Gasteiger partial charge in [-0.05, 0) is 12.8 Å². The fourth-order valence-electron chi connectivity index (χ4n) is 1.31. The Morgan fingerprint density at radius 1 is 1.09 bits per heavy atom. The number of carbonyl (C=O) groups is 1. The minimum Gasteiger partial charge on any atom is -0.293 e. The summed E-state index contributed by atoms with van der Waals surface area (Å²) in [5.41, 5.74) is 0. The van der Waals surface area contributed by atoms with Crippen LogP contribution >= 0.6 is 0 Å². The van der Waals surface area contributed by atoms with Gasteiger partial charge in [-0.1, -0.05) is 12.8 Å². The van der Waals surface area contributed by atoms with E-state index >= 15 is 0 Å². The summed E-state index contributed by atoms with van der Waals surface area (Å²) in [5, 5.41) is 0. The number of alkyl halides is 2. The van der Waals surface area contributed by atoms with Crippen LogP contribution in [0.25, 0.3) is 0 Å². The molecule has 0 N–H and O–H groups in total. The van der Waals surface area contributed by atoms with Crippen LogP contribution in [-0.2, 0) is 4.79 Å². The molecule has 0 atom stereocenters. The first-order valence-corrected chi connectivity index (χ1v) is 4.04. The molecule has 3 heteroatoms. The van der Waals surface area contributed by atoms with Crippen molar-refractivity contribution in [3.63, 3.8) is 0 Å². The Bertz CT molecular complexity index is 154. The molecule has 11 heavy (non-hydrogen) atoms. The highest BCUT2D eigenvalue weighted by Crippen LogP contribution is 2.27. The predicted octanol–water partition coefficient (Wildman–Crippen LogP) is 2.55. The number of hydrogen-bond acceptors (Lipinski definition) is 1. The van der Waals surface area contributed by atoms with Gasteiger partial charge in [0.2, 0.25) is 5.78 Å². The summed E-state index contributed by atoms with van der Waals surface area (Å²) in [7, 11) is 0. The molecule has 64 valence electrons. The third-order valence-corrected chi connectivity index (χ3v) is 2.05. The van der Waals surface area contributed by atoms with E-state index in [1.807, 2.05) is 0 Å². The lowest BCUT2D eigenvalue weighted by molar-refractivity contribution is -0.144. The number of halogens is 2. The van der Waals surface area contributed by atoms with Gasteiger partial charge < -0.3 is 0 Å². The van der Waals surface area contributed by atoms with Crippen LogP contribution in [0, 0.1) is 0 Å². The van der Waals surface area contributed by atoms with E-state index in [1.165, 1.54) is 0 Å². The van der Waals surface area contributed by atoms with Crippen LogP contribution in [0.15, 0.2) is 0 Å². The van der Waals surface area contributed by atoms with Crippen molar-refractivity contribution in [3.05, 3.63) is 0 Å². The summed E-state index contributed by atoms with van der Waals surface area (Å²) in [5.74, 6) is -3.89. The third-order valence-electron chi connectivity index (χ3n) is 2.05. The second kappa shape index (κ2) is 3.28. The molecule has 0 aromatic carbocycles. The highest BCUT2D eigenvalue weighted by Gasteiger charge is 2.37. The summed E-state index contributed by atoms with van der Waals surface area (Å²) in [4.78, 5) is 10.7. The van der Waals surface area contributed by atoms with E-state index in [-0.39, 0.29) is 12.8 Å². The second-order valence-electron chi connectivity index (χ2n) is 3.04. The number of hydrogen-bond donors (Lipinski definition) is 0. The molecule has 0 radical (unpaired) electrons. The van der Waals surface area contributed by atoms with E-state index in [9.17, 15) is 13.6 Å². The van der Waals surface area contributed by atoms with Gasteiger partial charge in [-0.3, -0.25) is 4.79 Å². The highest BCUT2D eigenvalue weighted by atomic mass is 19.3. The Kier molecular flexibility index (Phi) is 2.58. The van der Waals surface area contributed by atoms with Gasteiger partial charge in [0.1, 0.15) is 0 Å². The van der Waals surface area contributed by atoms with Crippen LogP contribution in [0.1, 0.15) is 38.5 Å². The van der Waals surface area contributed by atoms with E-state index in [1.54, 1.807) is 0 Å². The van der Waals surface area contributed by atoms with Gasteiger partial charge in [0, 0.05) is 12.8 Å². The standard InChI is InChI=1S/C8H12F2O/c9-8(10)6-4-2-1-3-5-7(8)11/h1-6H2. The largest absolute Gasteiger partial charge is 0.305 e. The SMILES string of the molecule is O=C1CCCCCCC1(F)F. The van der Waals surface area contributed by atoms with E-state index in [4.69, 9.17) is 0 Å². The first-order valence-electron chi connectivity index (χ1n) is 4.04. The van der Waals surface area contributed by atoms with Crippen LogP contribution in [0.4, 0.5) is 8.78 Å². The summed E-state index contributed by atoms with van der Waals surface area (Å²) in [6, 6.07) is 0. The van der Waals surface area contributed by atoms with Crippen LogP contribution in [0.2, 0.25) is 0 Å². The minimum absolute atomic E-state index is 0.0625. The summed E-state index contributed by atoms with van der Waals surface area (Å²) >= 11 is 0. The molecule has 1 aliphatic carbocycles. The Hall–Kier alpha value is -0.470. The van der Waals surface area contributed by atoms with Crippen LogP contribution in [0.3, 0.4) is 0 Å². The summed E-state index contributed by atoms with van der Waals surface area (Å²) < 4.78 is 25.4. The van der Waals surface area contributed by atoms with Crippen molar-refractivity contribution in [2.75, 3.05) is 0 Å². The van der Waals surface area contributed by atoms with E-state index in [0.717, 1.165) is 12.8 Å².